The van der Waals surface area contributed by atoms with E-state index in [9.17, 15) is 4.79 Å². The number of amides is 1. The topological polar surface area (TPSA) is 66.5 Å². The lowest BCUT2D eigenvalue weighted by molar-refractivity contribution is 0.0729. The molecule has 0 radical (unpaired) electrons. The minimum Gasteiger partial charge on any atom is -0.497 e. The van der Waals surface area contributed by atoms with Crippen LogP contribution < -0.4 is 23.7 Å². The Kier molecular flexibility index (Phi) is 6.16. The fraction of sp³-hybridized carbons (Fsp3) is 0.296. The lowest BCUT2D eigenvalue weighted by Gasteiger charge is -2.23. The van der Waals surface area contributed by atoms with Crippen molar-refractivity contribution in [3.63, 3.8) is 0 Å². The number of carbonyl (C=O) groups excluding carboxylic acids is 1. The van der Waals surface area contributed by atoms with Crippen molar-refractivity contribution in [3.8, 4) is 28.7 Å². The van der Waals surface area contributed by atoms with Crippen molar-refractivity contribution in [2.24, 2.45) is 0 Å². The molecule has 3 aromatic rings. The monoisotopic (exact) mass is 461 g/mol. The number of fused-ring (bicyclic) bond motifs is 1. The first kappa shape index (κ1) is 21.9. The van der Waals surface area contributed by atoms with E-state index in [4.69, 9.17) is 23.7 Å². The van der Waals surface area contributed by atoms with Gasteiger partial charge in [-0.05, 0) is 66.9 Å². The Balaban J connectivity index is 1.24. The van der Waals surface area contributed by atoms with Crippen LogP contribution in [0.25, 0.3) is 0 Å². The van der Waals surface area contributed by atoms with Crippen LogP contribution in [0, 0.1) is 0 Å². The second-order valence-corrected chi connectivity index (χ2v) is 8.34. The van der Waals surface area contributed by atoms with Crippen LogP contribution in [0.15, 0.2) is 60.7 Å². The number of benzene rings is 3. The van der Waals surface area contributed by atoms with Gasteiger partial charge in [0.1, 0.15) is 23.9 Å². The van der Waals surface area contributed by atoms with Crippen molar-refractivity contribution in [3.05, 3.63) is 77.4 Å². The number of methoxy groups -OCH3 is 2. The summed E-state index contributed by atoms with van der Waals surface area (Å²) in [6.45, 7) is 1.09. The summed E-state index contributed by atoms with van der Waals surface area (Å²) >= 11 is 0. The van der Waals surface area contributed by atoms with Crippen molar-refractivity contribution in [2.45, 2.75) is 32.0 Å². The molecular weight excluding hydrogens is 434 g/mol. The van der Waals surface area contributed by atoms with Gasteiger partial charge in [0, 0.05) is 23.7 Å². The zero-order valence-electron chi connectivity index (χ0n) is 19.3. The molecule has 176 valence electrons. The van der Waals surface area contributed by atoms with Crippen LogP contribution in [-0.2, 0) is 13.2 Å². The fourth-order valence-corrected chi connectivity index (χ4v) is 3.99. The van der Waals surface area contributed by atoms with Gasteiger partial charge in [-0.2, -0.15) is 0 Å². The van der Waals surface area contributed by atoms with Gasteiger partial charge in [-0.25, -0.2) is 0 Å². The molecule has 0 N–H and O–H groups in total. The van der Waals surface area contributed by atoms with Crippen LogP contribution >= 0.6 is 0 Å². The second-order valence-electron chi connectivity index (χ2n) is 8.34. The van der Waals surface area contributed by atoms with Crippen molar-refractivity contribution in [1.29, 1.82) is 0 Å². The number of ether oxygens (including phenoxy) is 5. The van der Waals surface area contributed by atoms with Gasteiger partial charge in [0.2, 0.25) is 6.79 Å². The van der Waals surface area contributed by atoms with Gasteiger partial charge < -0.3 is 28.6 Å². The standard InChI is InChI=1S/C27H27NO6/c1-30-23-10-12-24(31-2)20(13-23)16-32-22-8-3-18(4-9-22)15-28(21-6-7-21)27(29)19-5-11-25-26(14-19)34-17-33-25/h3-5,8-14,21H,6-7,15-17H2,1-2H3. The molecule has 34 heavy (non-hydrogen) atoms. The number of hydrogen-bond acceptors (Lipinski definition) is 6. The van der Waals surface area contributed by atoms with Crippen LogP contribution in [0.5, 0.6) is 28.7 Å². The summed E-state index contributed by atoms with van der Waals surface area (Å²) in [5, 5.41) is 0. The summed E-state index contributed by atoms with van der Waals surface area (Å²) in [6.07, 6.45) is 2.06. The van der Waals surface area contributed by atoms with E-state index in [1.807, 2.05) is 47.4 Å². The molecule has 3 aromatic carbocycles. The first-order valence-electron chi connectivity index (χ1n) is 11.3. The molecule has 0 aromatic heterocycles. The highest BCUT2D eigenvalue weighted by molar-refractivity contribution is 5.95. The number of hydrogen-bond donors (Lipinski definition) is 0. The lowest BCUT2D eigenvalue weighted by Crippen LogP contribution is -2.32. The van der Waals surface area contributed by atoms with Crippen LogP contribution in [-0.4, -0.2) is 37.9 Å². The first-order chi connectivity index (χ1) is 16.6. The number of rotatable bonds is 9. The quantitative estimate of drug-likeness (QED) is 0.455. The van der Waals surface area contributed by atoms with E-state index in [1.54, 1.807) is 32.4 Å². The summed E-state index contributed by atoms with van der Waals surface area (Å²) in [5.74, 6) is 3.55. The number of nitrogens with zero attached hydrogens (tertiary/aromatic N) is 1. The molecule has 1 amide bonds. The Morgan fingerprint density at radius 2 is 1.68 bits per heavy atom. The Labute approximate surface area is 198 Å². The van der Waals surface area contributed by atoms with Gasteiger partial charge in [0.05, 0.1) is 14.2 Å². The van der Waals surface area contributed by atoms with Crippen molar-refractivity contribution in [2.75, 3.05) is 21.0 Å². The minimum absolute atomic E-state index is 0.00578. The smallest absolute Gasteiger partial charge is 0.254 e. The average Bonchev–Trinajstić information content (AvgIpc) is 3.61. The second kappa shape index (κ2) is 9.55. The molecule has 0 atom stereocenters. The van der Waals surface area contributed by atoms with Gasteiger partial charge in [-0.3, -0.25) is 4.79 Å². The molecule has 1 saturated carbocycles. The summed E-state index contributed by atoms with van der Waals surface area (Å²) in [7, 11) is 3.27. The Morgan fingerprint density at radius 3 is 2.41 bits per heavy atom. The van der Waals surface area contributed by atoms with Crippen LogP contribution in [0.1, 0.15) is 34.3 Å². The largest absolute Gasteiger partial charge is 0.497 e. The van der Waals surface area contributed by atoms with Gasteiger partial charge in [-0.15, -0.1) is 0 Å². The molecule has 0 bridgehead atoms. The van der Waals surface area contributed by atoms with Gasteiger partial charge in [0.25, 0.3) is 5.91 Å². The van der Waals surface area contributed by atoms with Crippen molar-refractivity contribution >= 4 is 5.91 Å². The molecule has 2 aliphatic rings. The highest BCUT2D eigenvalue weighted by Crippen LogP contribution is 2.35. The lowest BCUT2D eigenvalue weighted by atomic mass is 10.1. The average molecular weight is 462 g/mol. The highest BCUT2D eigenvalue weighted by Gasteiger charge is 2.33. The fourth-order valence-electron chi connectivity index (χ4n) is 3.99. The Bertz CT molecular complexity index is 1170. The predicted molar refractivity (Wildman–Crippen MR) is 126 cm³/mol. The Morgan fingerprint density at radius 1 is 0.912 bits per heavy atom. The predicted octanol–water partition coefficient (Wildman–Crippen LogP) is 4.82. The zero-order valence-corrected chi connectivity index (χ0v) is 19.3. The van der Waals surface area contributed by atoms with E-state index in [2.05, 4.69) is 0 Å². The van der Waals surface area contributed by atoms with Gasteiger partial charge in [-0.1, -0.05) is 12.1 Å². The molecule has 0 spiro atoms. The molecule has 7 nitrogen and oxygen atoms in total. The highest BCUT2D eigenvalue weighted by atomic mass is 16.7. The maximum atomic E-state index is 13.3. The third kappa shape index (κ3) is 4.73. The summed E-state index contributed by atoms with van der Waals surface area (Å²) in [5.41, 5.74) is 2.57. The normalized spacial score (nSPS) is 13.9. The molecule has 1 aliphatic heterocycles. The van der Waals surface area contributed by atoms with Crippen LogP contribution in [0.2, 0.25) is 0 Å². The number of carbonyl (C=O) groups is 1. The first-order valence-corrected chi connectivity index (χ1v) is 11.3. The third-order valence-corrected chi connectivity index (χ3v) is 6.03. The van der Waals surface area contributed by atoms with E-state index in [-0.39, 0.29) is 18.7 Å². The minimum atomic E-state index is 0.00578. The van der Waals surface area contributed by atoms with Crippen LogP contribution in [0.4, 0.5) is 0 Å². The van der Waals surface area contributed by atoms with Gasteiger partial charge >= 0.3 is 0 Å². The van der Waals surface area contributed by atoms with E-state index in [1.165, 1.54) is 0 Å². The SMILES string of the molecule is COc1ccc(OC)c(COc2ccc(CN(C(=O)c3ccc4c(c3)OCO4)C3CC3)cc2)c1. The van der Waals surface area contributed by atoms with E-state index in [0.717, 1.165) is 41.2 Å². The molecule has 1 heterocycles. The van der Waals surface area contributed by atoms with Crippen molar-refractivity contribution < 1.29 is 28.5 Å². The van der Waals surface area contributed by atoms with E-state index >= 15 is 0 Å². The van der Waals surface area contributed by atoms with Gasteiger partial charge in [0.15, 0.2) is 11.5 Å². The van der Waals surface area contributed by atoms with E-state index in [0.29, 0.717) is 30.2 Å². The maximum Gasteiger partial charge on any atom is 0.254 e. The van der Waals surface area contributed by atoms with Crippen LogP contribution in [0.3, 0.4) is 0 Å². The third-order valence-electron chi connectivity index (χ3n) is 6.03. The molecule has 0 saturated heterocycles. The zero-order chi connectivity index (χ0) is 23.5. The molecule has 1 fully saturated rings. The molecule has 1 aliphatic carbocycles. The summed E-state index contributed by atoms with van der Waals surface area (Å²) in [4.78, 5) is 15.2. The molecule has 5 rings (SSSR count). The molecule has 0 unspecified atom stereocenters. The maximum absolute atomic E-state index is 13.3. The van der Waals surface area contributed by atoms with E-state index < -0.39 is 0 Å². The Hall–Kier alpha value is -3.87. The summed E-state index contributed by atoms with van der Waals surface area (Å²) < 4.78 is 27.5. The summed E-state index contributed by atoms with van der Waals surface area (Å²) in [6, 6.07) is 19.1. The van der Waals surface area contributed by atoms with Crippen molar-refractivity contribution in [1.82, 2.24) is 4.90 Å². The molecule has 7 heteroatoms. The molecular formula is C27H27NO6.